The van der Waals surface area contributed by atoms with Gasteiger partial charge in [-0.25, -0.2) is 13.2 Å². The van der Waals surface area contributed by atoms with Crippen LogP contribution in [0.2, 0.25) is 0 Å². The molecule has 0 aliphatic carbocycles. The molecule has 0 saturated heterocycles. The zero-order valence-corrected chi connectivity index (χ0v) is 16.7. The minimum Gasteiger partial charge on any atom is -0.497 e. The lowest BCUT2D eigenvalue weighted by molar-refractivity contribution is -0.136. The summed E-state index contributed by atoms with van der Waals surface area (Å²) >= 11 is 0. The molecule has 1 heterocycles. The summed E-state index contributed by atoms with van der Waals surface area (Å²) in [5.41, 5.74) is 1.14. The highest BCUT2D eigenvalue weighted by molar-refractivity contribution is 7.94. The van der Waals surface area contributed by atoms with Crippen LogP contribution in [0.4, 0.5) is 0 Å². The van der Waals surface area contributed by atoms with E-state index in [1.54, 1.807) is 24.3 Å². The van der Waals surface area contributed by atoms with E-state index in [4.69, 9.17) is 9.47 Å². The maximum atomic E-state index is 12.8. The van der Waals surface area contributed by atoms with E-state index in [0.29, 0.717) is 5.75 Å². The molecule has 3 rings (SSSR count). The van der Waals surface area contributed by atoms with E-state index in [1.165, 1.54) is 18.1 Å². The average molecular weight is 415 g/mol. The van der Waals surface area contributed by atoms with Crippen LogP contribution in [-0.2, 0) is 25.9 Å². The number of sulfone groups is 1. The summed E-state index contributed by atoms with van der Waals surface area (Å²) in [6.45, 7) is -0.271. The lowest BCUT2D eigenvalue weighted by Gasteiger charge is -2.27. The number of carbonyl (C=O) groups is 2. The number of esters is 1. The SMILES string of the molecule is COc1ccc(C(=O)OCC(=O)N(Cc2ccccc2)[C@@H]2C=CS(=O)(=O)C2)cc1. The van der Waals surface area contributed by atoms with Gasteiger partial charge in [-0.05, 0) is 35.9 Å². The predicted octanol–water partition coefficient (Wildman–Crippen LogP) is 2.19. The molecule has 1 aliphatic heterocycles. The minimum absolute atomic E-state index is 0.183. The predicted molar refractivity (Wildman–Crippen MR) is 107 cm³/mol. The normalized spacial score (nSPS) is 16.9. The molecule has 0 radical (unpaired) electrons. The fourth-order valence-electron chi connectivity index (χ4n) is 2.94. The number of amides is 1. The molecule has 2 aromatic rings. The fraction of sp³-hybridized carbons (Fsp3) is 0.238. The summed E-state index contributed by atoms with van der Waals surface area (Å²) in [4.78, 5) is 26.4. The third-order valence-corrected chi connectivity index (χ3v) is 5.86. The quantitative estimate of drug-likeness (QED) is 0.644. The number of hydrogen-bond acceptors (Lipinski definition) is 6. The first kappa shape index (κ1) is 20.6. The Morgan fingerprint density at radius 1 is 1.07 bits per heavy atom. The molecule has 0 unspecified atom stereocenters. The molecule has 1 atom stereocenters. The van der Waals surface area contributed by atoms with Crippen LogP contribution in [0, 0.1) is 0 Å². The van der Waals surface area contributed by atoms with E-state index in [1.807, 2.05) is 30.3 Å². The van der Waals surface area contributed by atoms with Crippen LogP contribution in [0.15, 0.2) is 66.1 Å². The zero-order valence-electron chi connectivity index (χ0n) is 15.9. The largest absolute Gasteiger partial charge is 0.497 e. The third kappa shape index (κ3) is 5.45. The molecular weight excluding hydrogens is 394 g/mol. The van der Waals surface area contributed by atoms with Crippen LogP contribution in [0.25, 0.3) is 0 Å². The molecule has 7 nitrogen and oxygen atoms in total. The number of carbonyl (C=O) groups excluding carboxylic acids is 2. The third-order valence-electron chi connectivity index (χ3n) is 4.48. The van der Waals surface area contributed by atoms with E-state index >= 15 is 0 Å². The molecule has 1 aliphatic rings. The highest BCUT2D eigenvalue weighted by Gasteiger charge is 2.30. The number of benzene rings is 2. The van der Waals surface area contributed by atoms with E-state index in [2.05, 4.69) is 0 Å². The molecule has 0 N–H and O–H groups in total. The maximum Gasteiger partial charge on any atom is 0.338 e. The Bertz CT molecular complexity index is 999. The van der Waals surface area contributed by atoms with Gasteiger partial charge < -0.3 is 14.4 Å². The van der Waals surface area contributed by atoms with Gasteiger partial charge in [-0.1, -0.05) is 30.3 Å². The Hall–Kier alpha value is -3.13. The Morgan fingerprint density at radius 2 is 1.76 bits per heavy atom. The standard InChI is InChI=1S/C21H21NO6S/c1-27-19-9-7-17(8-10-19)21(24)28-14-20(23)22(13-16-5-3-2-4-6-16)18-11-12-29(25,26)15-18/h2-12,18H,13-15H2,1H3/t18-/m1/s1. The Morgan fingerprint density at radius 3 is 2.34 bits per heavy atom. The minimum atomic E-state index is -3.34. The summed E-state index contributed by atoms with van der Waals surface area (Å²) < 4.78 is 33.8. The van der Waals surface area contributed by atoms with Gasteiger partial charge in [0.2, 0.25) is 0 Å². The summed E-state index contributed by atoms with van der Waals surface area (Å²) in [7, 11) is -1.82. The number of ether oxygens (including phenoxy) is 2. The van der Waals surface area contributed by atoms with Crippen molar-refractivity contribution in [2.75, 3.05) is 19.5 Å². The van der Waals surface area contributed by atoms with Crippen molar-refractivity contribution in [3.8, 4) is 5.75 Å². The van der Waals surface area contributed by atoms with Crippen molar-refractivity contribution in [3.05, 3.63) is 77.2 Å². The molecule has 8 heteroatoms. The smallest absolute Gasteiger partial charge is 0.338 e. The second-order valence-electron chi connectivity index (χ2n) is 6.54. The van der Waals surface area contributed by atoms with Crippen LogP contribution in [-0.4, -0.2) is 50.7 Å². The van der Waals surface area contributed by atoms with E-state index < -0.39 is 34.4 Å². The van der Waals surface area contributed by atoms with Crippen LogP contribution < -0.4 is 4.74 Å². The van der Waals surface area contributed by atoms with Crippen LogP contribution >= 0.6 is 0 Å². The second-order valence-corrected chi connectivity index (χ2v) is 8.47. The summed E-state index contributed by atoms with van der Waals surface area (Å²) in [6.07, 6.45) is 1.49. The monoisotopic (exact) mass is 415 g/mol. The molecule has 2 aromatic carbocycles. The van der Waals surface area contributed by atoms with Crippen LogP contribution in [0.3, 0.4) is 0 Å². The molecule has 152 valence electrons. The van der Waals surface area contributed by atoms with E-state index in [0.717, 1.165) is 11.0 Å². The Balaban J connectivity index is 1.68. The maximum absolute atomic E-state index is 12.8. The van der Waals surface area contributed by atoms with E-state index in [-0.39, 0.29) is 17.9 Å². The first-order valence-electron chi connectivity index (χ1n) is 8.93. The molecule has 0 spiro atoms. The first-order chi connectivity index (χ1) is 13.9. The molecule has 0 fully saturated rings. The van der Waals surface area contributed by atoms with Crippen LogP contribution in [0.1, 0.15) is 15.9 Å². The van der Waals surface area contributed by atoms with Crippen molar-refractivity contribution in [3.63, 3.8) is 0 Å². The topological polar surface area (TPSA) is 90.0 Å². The second kappa shape index (κ2) is 8.91. The summed E-state index contributed by atoms with van der Waals surface area (Å²) in [6, 6.07) is 14.9. The van der Waals surface area contributed by atoms with Gasteiger partial charge in [-0.15, -0.1) is 0 Å². The van der Waals surface area contributed by atoms with Gasteiger partial charge in [0.05, 0.1) is 24.5 Å². The average Bonchev–Trinajstić information content (AvgIpc) is 3.10. The van der Waals surface area contributed by atoms with E-state index in [9.17, 15) is 18.0 Å². The highest BCUT2D eigenvalue weighted by Crippen LogP contribution is 2.18. The Labute approximate surface area is 169 Å². The highest BCUT2D eigenvalue weighted by atomic mass is 32.2. The van der Waals surface area contributed by atoms with Crippen molar-refractivity contribution in [1.82, 2.24) is 4.90 Å². The van der Waals surface area contributed by atoms with Gasteiger partial charge in [-0.2, -0.15) is 0 Å². The molecule has 0 bridgehead atoms. The van der Waals surface area contributed by atoms with Gasteiger partial charge in [0.1, 0.15) is 5.75 Å². The lowest BCUT2D eigenvalue weighted by Crippen LogP contribution is -2.42. The van der Waals surface area contributed by atoms with Crippen LogP contribution in [0.5, 0.6) is 5.75 Å². The molecule has 0 saturated carbocycles. The van der Waals surface area contributed by atoms with Crippen molar-refractivity contribution >= 4 is 21.7 Å². The van der Waals surface area contributed by atoms with Crippen molar-refractivity contribution in [2.45, 2.75) is 12.6 Å². The van der Waals surface area contributed by atoms with Crippen molar-refractivity contribution < 1.29 is 27.5 Å². The van der Waals surface area contributed by atoms with Gasteiger partial charge >= 0.3 is 5.97 Å². The Kier molecular flexibility index (Phi) is 6.33. The summed E-state index contributed by atoms with van der Waals surface area (Å²) in [5, 5.41) is 1.12. The van der Waals surface area contributed by atoms with Gasteiger partial charge in [-0.3, -0.25) is 4.79 Å². The molecule has 1 amide bonds. The number of hydrogen-bond donors (Lipinski definition) is 0. The molecular formula is C21H21NO6S. The fourth-order valence-corrected chi connectivity index (χ4v) is 4.24. The number of rotatable bonds is 7. The first-order valence-corrected chi connectivity index (χ1v) is 10.6. The molecule has 29 heavy (non-hydrogen) atoms. The number of methoxy groups -OCH3 is 1. The summed E-state index contributed by atoms with van der Waals surface area (Å²) in [5.74, 6) is -0.698. The van der Waals surface area contributed by atoms with Crippen molar-refractivity contribution in [2.24, 2.45) is 0 Å². The number of nitrogens with zero attached hydrogens (tertiary/aromatic N) is 1. The van der Waals surface area contributed by atoms with Gasteiger partial charge in [0.15, 0.2) is 16.4 Å². The zero-order chi connectivity index (χ0) is 20.9. The van der Waals surface area contributed by atoms with Gasteiger partial charge in [0, 0.05) is 12.0 Å². The van der Waals surface area contributed by atoms with Gasteiger partial charge in [0.25, 0.3) is 5.91 Å². The van der Waals surface area contributed by atoms with Crippen molar-refractivity contribution in [1.29, 1.82) is 0 Å². The molecule has 0 aromatic heterocycles. The lowest BCUT2D eigenvalue weighted by atomic mass is 10.1.